The Morgan fingerprint density at radius 3 is 2.43 bits per heavy atom. The lowest BCUT2D eigenvalue weighted by Gasteiger charge is -2.30. The molecule has 8 heteroatoms. The van der Waals surface area contributed by atoms with Crippen molar-refractivity contribution in [1.29, 1.82) is 0 Å². The van der Waals surface area contributed by atoms with Crippen LogP contribution in [0.15, 0.2) is 90.3 Å². The van der Waals surface area contributed by atoms with Gasteiger partial charge in [-0.25, -0.2) is 4.68 Å². The van der Waals surface area contributed by atoms with E-state index in [1.165, 1.54) is 6.20 Å². The van der Waals surface area contributed by atoms with Crippen molar-refractivity contribution in [3.63, 3.8) is 0 Å². The molecule has 1 atom stereocenters. The Morgan fingerprint density at radius 2 is 1.70 bits per heavy atom. The summed E-state index contributed by atoms with van der Waals surface area (Å²) in [6, 6.07) is 21.8. The molecule has 3 N–H and O–H groups in total. The fourth-order valence-electron chi connectivity index (χ4n) is 4.56. The maximum atomic E-state index is 13.7. The molecule has 0 aliphatic carbocycles. The van der Waals surface area contributed by atoms with E-state index in [1.54, 1.807) is 10.7 Å². The van der Waals surface area contributed by atoms with E-state index < -0.39 is 6.04 Å². The van der Waals surface area contributed by atoms with Crippen molar-refractivity contribution in [2.75, 3.05) is 16.0 Å². The molecule has 5 rings (SSSR count). The number of hydrogen-bond donors (Lipinski definition) is 3. The normalized spacial score (nSPS) is 14.5. The molecule has 0 saturated heterocycles. The van der Waals surface area contributed by atoms with Gasteiger partial charge in [0.05, 0.1) is 11.8 Å². The standard InChI is InChI=1S/C29H26ClN5O2/c1-17-12-13-24(18(2)14-17)34-29(37)25-19(3)32-27-23(28(36)33-22-10-5-4-6-11-22)16-31-35(27)26(25)20-8-7-9-21(30)15-20/h4-16,26,32H,1-3H3,(H,33,36)(H,34,37). The smallest absolute Gasteiger partial charge is 0.261 e. The van der Waals surface area contributed by atoms with Crippen LogP contribution < -0.4 is 16.0 Å². The second kappa shape index (κ2) is 9.95. The number of allylic oxidation sites excluding steroid dienone is 1. The van der Waals surface area contributed by atoms with Crippen LogP contribution in [0.3, 0.4) is 0 Å². The molecule has 4 aromatic rings. The van der Waals surface area contributed by atoms with Gasteiger partial charge in [0.25, 0.3) is 11.8 Å². The Bertz CT molecular complexity index is 1540. The number of nitrogens with zero attached hydrogens (tertiary/aromatic N) is 2. The first kappa shape index (κ1) is 24.3. The Hall–Kier alpha value is -4.36. The van der Waals surface area contributed by atoms with Crippen LogP contribution in [0.2, 0.25) is 5.02 Å². The molecule has 3 aromatic carbocycles. The van der Waals surface area contributed by atoms with Crippen LogP contribution in [0.5, 0.6) is 0 Å². The lowest BCUT2D eigenvalue weighted by molar-refractivity contribution is -0.113. The maximum absolute atomic E-state index is 13.7. The number of benzene rings is 3. The van der Waals surface area contributed by atoms with Crippen molar-refractivity contribution >= 4 is 40.6 Å². The molecule has 186 valence electrons. The number of amides is 2. The number of carbonyl (C=O) groups is 2. The van der Waals surface area contributed by atoms with Gasteiger partial charge in [-0.05, 0) is 62.2 Å². The summed E-state index contributed by atoms with van der Waals surface area (Å²) in [5, 5.41) is 14.3. The number of carbonyl (C=O) groups excluding carboxylic acids is 2. The Morgan fingerprint density at radius 1 is 0.919 bits per heavy atom. The predicted octanol–water partition coefficient (Wildman–Crippen LogP) is 6.33. The fraction of sp³-hybridized carbons (Fsp3) is 0.138. The summed E-state index contributed by atoms with van der Waals surface area (Å²) in [7, 11) is 0. The average Bonchev–Trinajstić information content (AvgIpc) is 3.29. The van der Waals surface area contributed by atoms with Crippen LogP contribution in [0.1, 0.15) is 40.0 Å². The molecule has 1 aliphatic heterocycles. The molecule has 2 amide bonds. The van der Waals surface area contributed by atoms with Gasteiger partial charge in [-0.3, -0.25) is 9.59 Å². The number of anilines is 3. The SMILES string of the molecule is CC1=C(C(=O)Nc2ccc(C)cc2C)C(c2cccc(Cl)c2)n2ncc(C(=O)Nc3ccccc3)c2N1. The molecule has 7 nitrogen and oxygen atoms in total. The summed E-state index contributed by atoms with van der Waals surface area (Å²) in [6.45, 7) is 5.79. The van der Waals surface area contributed by atoms with E-state index in [1.807, 2.05) is 87.5 Å². The van der Waals surface area contributed by atoms with Crippen LogP contribution in [0, 0.1) is 13.8 Å². The minimum Gasteiger partial charge on any atom is -0.343 e. The van der Waals surface area contributed by atoms with Gasteiger partial charge in [-0.1, -0.05) is 59.6 Å². The first-order chi connectivity index (χ1) is 17.8. The number of halogens is 1. The van der Waals surface area contributed by atoms with Gasteiger partial charge in [-0.15, -0.1) is 0 Å². The van der Waals surface area contributed by atoms with Crippen LogP contribution in [0.25, 0.3) is 0 Å². The van der Waals surface area contributed by atoms with Crippen molar-refractivity contribution in [3.8, 4) is 0 Å². The van der Waals surface area contributed by atoms with Crippen LogP contribution >= 0.6 is 11.6 Å². The minimum atomic E-state index is -0.598. The van der Waals surface area contributed by atoms with E-state index in [0.29, 0.717) is 33.4 Å². The molecule has 1 unspecified atom stereocenters. The van der Waals surface area contributed by atoms with Gasteiger partial charge in [0, 0.05) is 22.1 Å². The highest BCUT2D eigenvalue weighted by molar-refractivity contribution is 6.30. The minimum absolute atomic E-state index is 0.265. The number of aromatic nitrogens is 2. The summed E-state index contributed by atoms with van der Waals surface area (Å²) in [5.41, 5.74) is 5.73. The molecule has 0 bridgehead atoms. The Balaban J connectivity index is 1.55. The number of nitrogens with one attached hydrogen (secondary N) is 3. The summed E-state index contributed by atoms with van der Waals surface area (Å²) in [6.07, 6.45) is 1.51. The van der Waals surface area contributed by atoms with Crippen molar-refractivity contribution in [2.45, 2.75) is 26.8 Å². The van der Waals surface area contributed by atoms with Gasteiger partial charge in [0.1, 0.15) is 17.4 Å². The van der Waals surface area contributed by atoms with Crippen molar-refractivity contribution < 1.29 is 9.59 Å². The van der Waals surface area contributed by atoms with E-state index in [0.717, 1.165) is 22.4 Å². The Kier molecular flexibility index (Phi) is 6.54. The molecule has 37 heavy (non-hydrogen) atoms. The van der Waals surface area contributed by atoms with E-state index >= 15 is 0 Å². The number of hydrogen-bond acceptors (Lipinski definition) is 4. The Labute approximate surface area is 220 Å². The van der Waals surface area contributed by atoms with Crippen LogP contribution in [-0.2, 0) is 4.79 Å². The zero-order valence-corrected chi connectivity index (χ0v) is 21.4. The monoisotopic (exact) mass is 511 g/mol. The van der Waals surface area contributed by atoms with Gasteiger partial charge < -0.3 is 16.0 Å². The largest absolute Gasteiger partial charge is 0.343 e. The molecule has 0 saturated carbocycles. The summed E-state index contributed by atoms with van der Waals surface area (Å²) >= 11 is 6.34. The van der Waals surface area contributed by atoms with Gasteiger partial charge >= 0.3 is 0 Å². The van der Waals surface area contributed by atoms with Crippen molar-refractivity contribution in [2.24, 2.45) is 0 Å². The van der Waals surface area contributed by atoms with Crippen molar-refractivity contribution in [1.82, 2.24) is 9.78 Å². The fourth-order valence-corrected chi connectivity index (χ4v) is 4.76. The second-order valence-electron chi connectivity index (χ2n) is 9.07. The third-order valence-electron chi connectivity index (χ3n) is 6.34. The summed E-state index contributed by atoms with van der Waals surface area (Å²) in [4.78, 5) is 26.9. The second-order valence-corrected chi connectivity index (χ2v) is 9.50. The maximum Gasteiger partial charge on any atom is 0.261 e. The van der Waals surface area contributed by atoms with Crippen LogP contribution in [0.4, 0.5) is 17.2 Å². The molecular formula is C29H26ClN5O2. The van der Waals surface area contributed by atoms with Crippen molar-refractivity contribution in [3.05, 3.63) is 118 Å². The molecule has 2 heterocycles. The molecule has 0 radical (unpaired) electrons. The predicted molar refractivity (Wildman–Crippen MR) is 147 cm³/mol. The number of fused-ring (bicyclic) bond motifs is 1. The van der Waals surface area contributed by atoms with E-state index in [2.05, 4.69) is 21.0 Å². The third kappa shape index (κ3) is 4.86. The van der Waals surface area contributed by atoms with Gasteiger partial charge in [0.15, 0.2) is 0 Å². The first-order valence-corrected chi connectivity index (χ1v) is 12.3. The topological polar surface area (TPSA) is 88.0 Å². The molecule has 1 aromatic heterocycles. The molecule has 0 spiro atoms. The first-order valence-electron chi connectivity index (χ1n) is 11.9. The number of aryl methyl sites for hydroxylation is 2. The molecular weight excluding hydrogens is 486 g/mol. The average molecular weight is 512 g/mol. The third-order valence-corrected chi connectivity index (χ3v) is 6.57. The highest BCUT2D eigenvalue weighted by atomic mass is 35.5. The zero-order chi connectivity index (χ0) is 26.1. The number of para-hydroxylation sites is 1. The number of rotatable bonds is 5. The quantitative estimate of drug-likeness (QED) is 0.292. The van der Waals surface area contributed by atoms with Crippen LogP contribution in [-0.4, -0.2) is 21.6 Å². The van der Waals surface area contributed by atoms with E-state index in [4.69, 9.17) is 11.6 Å². The lowest BCUT2D eigenvalue weighted by Crippen LogP contribution is -2.32. The van der Waals surface area contributed by atoms with Gasteiger partial charge in [-0.2, -0.15) is 5.10 Å². The van der Waals surface area contributed by atoms with E-state index in [-0.39, 0.29) is 11.8 Å². The summed E-state index contributed by atoms with van der Waals surface area (Å²) in [5.74, 6) is -0.0712. The van der Waals surface area contributed by atoms with E-state index in [9.17, 15) is 9.59 Å². The highest BCUT2D eigenvalue weighted by Crippen LogP contribution is 2.38. The molecule has 0 fully saturated rings. The molecule has 1 aliphatic rings. The highest BCUT2D eigenvalue weighted by Gasteiger charge is 2.35. The van der Waals surface area contributed by atoms with Gasteiger partial charge in [0.2, 0.25) is 0 Å². The lowest BCUT2D eigenvalue weighted by atomic mass is 9.94. The summed E-state index contributed by atoms with van der Waals surface area (Å²) < 4.78 is 1.66. The zero-order valence-electron chi connectivity index (χ0n) is 20.7.